The number of halogens is 1. The molecule has 1 N–H and O–H groups in total. The van der Waals surface area contributed by atoms with E-state index in [-0.39, 0.29) is 11.7 Å². The Kier molecular flexibility index (Phi) is 6.99. The zero-order chi connectivity index (χ0) is 20.8. The van der Waals surface area contributed by atoms with Gasteiger partial charge in [-0.2, -0.15) is 0 Å². The topological polar surface area (TPSA) is 51.5 Å². The number of ether oxygens (including phenoxy) is 1. The molecule has 0 aliphatic heterocycles. The van der Waals surface area contributed by atoms with Gasteiger partial charge in [-0.05, 0) is 61.7 Å². The number of anilines is 1. The summed E-state index contributed by atoms with van der Waals surface area (Å²) in [6, 6.07) is 15.0. The van der Waals surface area contributed by atoms with Crippen LogP contribution in [0.3, 0.4) is 0 Å². The number of carbonyl (C=O) groups is 1. The van der Waals surface area contributed by atoms with Crippen LogP contribution in [0.5, 0.6) is 5.75 Å². The van der Waals surface area contributed by atoms with Crippen LogP contribution >= 0.6 is 11.6 Å². The van der Waals surface area contributed by atoms with Crippen LogP contribution in [-0.4, -0.2) is 12.5 Å². The van der Waals surface area contributed by atoms with Crippen LogP contribution < -0.4 is 10.1 Å². The molecule has 0 spiro atoms. The zero-order valence-electron chi connectivity index (χ0n) is 17.0. The Morgan fingerprint density at radius 3 is 2.59 bits per heavy atom. The first-order chi connectivity index (χ1) is 14.0. The van der Waals surface area contributed by atoms with Crippen molar-refractivity contribution in [1.82, 2.24) is 0 Å². The average Bonchev–Trinajstić information content (AvgIpc) is 3.15. The van der Waals surface area contributed by atoms with E-state index in [1.165, 1.54) is 0 Å². The number of benzene rings is 2. The van der Waals surface area contributed by atoms with Gasteiger partial charge in [0.2, 0.25) is 0 Å². The van der Waals surface area contributed by atoms with Crippen molar-refractivity contribution in [3.63, 3.8) is 0 Å². The molecule has 29 heavy (non-hydrogen) atoms. The second-order valence-electron chi connectivity index (χ2n) is 7.12. The lowest BCUT2D eigenvalue weighted by molar-refractivity contribution is 0.0995. The second-order valence-corrected chi connectivity index (χ2v) is 7.55. The minimum atomic E-state index is -0.265. The maximum atomic E-state index is 12.6. The third kappa shape index (κ3) is 5.42. The Balaban J connectivity index is 1.73. The van der Waals surface area contributed by atoms with Gasteiger partial charge in [-0.1, -0.05) is 43.1 Å². The normalized spacial score (nSPS) is 10.8. The Labute approximate surface area is 176 Å². The first-order valence-corrected chi connectivity index (χ1v) is 10.2. The molecule has 0 saturated carbocycles. The van der Waals surface area contributed by atoms with Gasteiger partial charge in [0.1, 0.15) is 11.5 Å². The Morgan fingerprint density at radius 2 is 1.86 bits per heavy atom. The molecule has 2 aromatic carbocycles. The second kappa shape index (κ2) is 9.66. The quantitative estimate of drug-likeness (QED) is 0.426. The van der Waals surface area contributed by atoms with Crippen molar-refractivity contribution in [2.45, 2.75) is 40.0 Å². The van der Waals surface area contributed by atoms with Crippen molar-refractivity contribution < 1.29 is 13.9 Å². The molecule has 5 heteroatoms. The summed E-state index contributed by atoms with van der Waals surface area (Å²) < 4.78 is 11.7. The number of furan rings is 1. The number of hydrogen-bond donors (Lipinski definition) is 1. The highest BCUT2D eigenvalue weighted by molar-refractivity contribution is 6.30. The number of rotatable bonds is 8. The average molecular weight is 412 g/mol. The predicted octanol–water partition coefficient (Wildman–Crippen LogP) is 6.57. The first-order valence-electron chi connectivity index (χ1n) is 9.85. The van der Waals surface area contributed by atoms with Gasteiger partial charge in [-0.3, -0.25) is 4.79 Å². The molecule has 1 heterocycles. The summed E-state index contributed by atoms with van der Waals surface area (Å²) in [5.41, 5.74) is 3.78. The minimum Gasteiger partial charge on any atom is -0.493 e. The van der Waals surface area contributed by atoms with Gasteiger partial charge >= 0.3 is 0 Å². The zero-order valence-corrected chi connectivity index (χ0v) is 17.8. The van der Waals surface area contributed by atoms with Gasteiger partial charge in [0.15, 0.2) is 5.76 Å². The summed E-state index contributed by atoms with van der Waals surface area (Å²) in [4.78, 5) is 12.6. The molecule has 0 saturated heterocycles. The lowest BCUT2D eigenvalue weighted by Gasteiger charge is -2.11. The largest absolute Gasteiger partial charge is 0.493 e. The highest BCUT2D eigenvalue weighted by atomic mass is 35.5. The molecular formula is C24H26ClNO3. The molecule has 1 amide bonds. The SMILES string of the molecule is CCCCOc1ccc(Cl)cc1Cc1ccc(C(=O)Nc2c(C)cccc2C)o1. The third-order valence-electron chi connectivity index (χ3n) is 4.75. The van der Waals surface area contributed by atoms with Crippen molar-refractivity contribution in [2.75, 3.05) is 11.9 Å². The van der Waals surface area contributed by atoms with Gasteiger partial charge in [0.05, 0.1) is 6.61 Å². The van der Waals surface area contributed by atoms with Gasteiger partial charge in [0.25, 0.3) is 5.91 Å². The monoisotopic (exact) mass is 411 g/mol. The highest BCUT2D eigenvalue weighted by Crippen LogP contribution is 2.27. The third-order valence-corrected chi connectivity index (χ3v) is 4.98. The minimum absolute atomic E-state index is 0.265. The van der Waals surface area contributed by atoms with Crippen molar-refractivity contribution >= 4 is 23.2 Å². The number of nitrogens with one attached hydrogen (secondary N) is 1. The molecule has 152 valence electrons. The summed E-state index contributed by atoms with van der Waals surface area (Å²) in [5, 5.41) is 3.59. The number of unbranched alkanes of at least 4 members (excludes halogenated alkanes) is 1. The maximum Gasteiger partial charge on any atom is 0.291 e. The number of aryl methyl sites for hydroxylation is 2. The first kappa shape index (κ1) is 21.0. The summed E-state index contributed by atoms with van der Waals surface area (Å²) in [5.74, 6) is 1.48. The molecule has 3 rings (SSSR count). The lowest BCUT2D eigenvalue weighted by atomic mass is 10.1. The van der Waals surface area contributed by atoms with E-state index in [9.17, 15) is 4.79 Å². The molecule has 0 unspecified atom stereocenters. The van der Waals surface area contributed by atoms with Crippen molar-refractivity contribution in [2.24, 2.45) is 0 Å². The van der Waals surface area contributed by atoms with E-state index in [4.69, 9.17) is 20.8 Å². The molecule has 0 aliphatic carbocycles. The number of amides is 1. The Bertz CT molecular complexity index is 973. The van der Waals surface area contributed by atoms with E-state index in [1.807, 2.05) is 56.3 Å². The molecule has 0 radical (unpaired) electrons. The van der Waals surface area contributed by atoms with Crippen LogP contribution in [-0.2, 0) is 6.42 Å². The summed E-state index contributed by atoms with van der Waals surface area (Å²) in [6.07, 6.45) is 2.56. The van der Waals surface area contributed by atoms with E-state index in [1.54, 1.807) is 6.07 Å². The lowest BCUT2D eigenvalue weighted by Crippen LogP contribution is -2.12. The standard InChI is InChI=1S/C24H26ClNO3/c1-4-5-13-28-21-11-9-19(25)14-18(21)15-20-10-12-22(29-20)24(27)26-23-16(2)7-6-8-17(23)3/h6-12,14H,4-5,13,15H2,1-3H3,(H,26,27). The Morgan fingerprint density at radius 1 is 1.10 bits per heavy atom. The van der Waals surface area contributed by atoms with Crippen molar-refractivity contribution in [3.05, 3.63) is 81.8 Å². The number of para-hydroxylation sites is 1. The maximum absolute atomic E-state index is 12.6. The molecule has 0 atom stereocenters. The highest BCUT2D eigenvalue weighted by Gasteiger charge is 2.15. The smallest absolute Gasteiger partial charge is 0.291 e. The van der Waals surface area contributed by atoms with Crippen LogP contribution in [0, 0.1) is 13.8 Å². The summed E-state index contributed by atoms with van der Waals surface area (Å²) in [6.45, 7) is 6.72. The van der Waals surface area contributed by atoms with Crippen LogP contribution in [0.4, 0.5) is 5.69 Å². The molecule has 0 aliphatic rings. The predicted molar refractivity (Wildman–Crippen MR) is 117 cm³/mol. The molecular weight excluding hydrogens is 386 g/mol. The van der Waals surface area contributed by atoms with E-state index in [0.717, 1.165) is 41.0 Å². The van der Waals surface area contributed by atoms with E-state index in [2.05, 4.69) is 12.2 Å². The van der Waals surface area contributed by atoms with E-state index < -0.39 is 0 Å². The molecule has 0 bridgehead atoms. The van der Waals surface area contributed by atoms with Crippen LogP contribution in [0.15, 0.2) is 52.9 Å². The molecule has 0 fully saturated rings. The number of carbonyl (C=O) groups excluding carboxylic acids is 1. The van der Waals surface area contributed by atoms with Crippen LogP contribution in [0.1, 0.15) is 52.8 Å². The van der Waals surface area contributed by atoms with E-state index in [0.29, 0.717) is 23.8 Å². The fourth-order valence-corrected chi connectivity index (χ4v) is 3.32. The van der Waals surface area contributed by atoms with Crippen molar-refractivity contribution in [1.29, 1.82) is 0 Å². The molecule has 4 nitrogen and oxygen atoms in total. The Hall–Kier alpha value is -2.72. The van der Waals surface area contributed by atoms with Crippen molar-refractivity contribution in [3.8, 4) is 5.75 Å². The van der Waals surface area contributed by atoms with Gasteiger partial charge in [0, 0.05) is 22.7 Å². The fourth-order valence-electron chi connectivity index (χ4n) is 3.12. The molecule has 1 aromatic heterocycles. The van der Waals surface area contributed by atoms with Crippen LogP contribution in [0.25, 0.3) is 0 Å². The van der Waals surface area contributed by atoms with Gasteiger partial charge in [-0.15, -0.1) is 0 Å². The number of hydrogen-bond acceptors (Lipinski definition) is 3. The van der Waals surface area contributed by atoms with Gasteiger partial charge in [-0.25, -0.2) is 0 Å². The summed E-state index contributed by atoms with van der Waals surface area (Å²) >= 11 is 6.17. The van der Waals surface area contributed by atoms with Gasteiger partial charge < -0.3 is 14.5 Å². The summed E-state index contributed by atoms with van der Waals surface area (Å²) in [7, 11) is 0. The van der Waals surface area contributed by atoms with Crippen LogP contribution in [0.2, 0.25) is 5.02 Å². The molecule has 3 aromatic rings. The fraction of sp³-hybridized carbons (Fsp3) is 0.292. The van der Waals surface area contributed by atoms with E-state index >= 15 is 0 Å².